The Labute approximate surface area is 124 Å². The van der Waals surface area contributed by atoms with Crippen molar-refractivity contribution in [3.63, 3.8) is 0 Å². The summed E-state index contributed by atoms with van der Waals surface area (Å²) in [5.41, 5.74) is 3.96. The van der Waals surface area contributed by atoms with Crippen LogP contribution >= 0.6 is 0 Å². The summed E-state index contributed by atoms with van der Waals surface area (Å²) in [7, 11) is 2.03. The van der Waals surface area contributed by atoms with Crippen LogP contribution < -0.4 is 5.32 Å². The van der Waals surface area contributed by atoms with Crippen LogP contribution in [0.5, 0.6) is 0 Å². The van der Waals surface area contributed by atoms with E-state index in [0.717, 1.165) is 28.1 Å². The first-order valence-corrected chi connectivity index (χ1v) is 7.07. The molecule has 1 aromatic heterocycles. The van der Waals surface area contributed by atoms with Crippen LogP contribution in [0.2, 0.25) is 0 Å². The van der Waals surface area contributed by atoms with E-state index >= 15 is 0 Å². The van der Waals surface area contributed by atoms with E-state index in [2.05, 4.69) is 22.9 Å². The highest BCUT2D eigenvalue weighted by molar-refractivity contribution is 5.76. The normalized spacial score (nSPS) is 12.5. The van der Waals surface area contributed by atoms with Crippen molar-refractivity contribution in [2.24, 2.45) is 7.05 Å². The minimum absolute atomic E-state index is 0.0262. The van der Waals surface area contributed by atoms with Gasteiger partial charge in [-0.25, -0.2) is 4.98 Å². The van der Waals surface area contributed by atoms with Crippen LogP contribution in [0.4, 0.5) is 5.69 Å². The lowest BCUT2D eigenvalue weighted by atomic mass is 10.1. The number of hydrogen-bond acceptors (Lipinski definition) is 3. The van der Waals surface area contributed by atoms with Crippen molar-refractivity contribution in [3.8, 4) is 0 Å². The molecule has 3 aromatic rings. The molecular weight excluding hydrogens is 262 g/mol. The summed E-state index contributed by atoms with van der Waals surface area (Å²) in [5.74, 6) is 0.976. The van der Waals surface area contributed by atoms with Crippen molar-refractivity contribution in [1.29, 1.82) is 0 Å². The van der Waals surface area contributed by atoms with Gasteiger partial charge in [0.25, 0.3) is 0 Å². The van der Waals surface area contributed by atoms with Gasteiger partial charge < -0.3 is 15.0 Å². The number of nitrogens with zero attached hydrogens (tertiary/aromatic N) is 2. The Bertz CT molecular complexity index is 764. The minimum atomic E-state index is 0.0262. The summed E-state index contributed by atoms with van der Waals surface area (Å²) >= 11 is 0. The molecule has 0 saturated carbocycles. The SMILES string of the molecule is CC(Nc1ccccc1CO)c1nc2ccccc2n1C. The van der Waals surface area contributed by atoms with Crippen LogP contribution in [0.1, 0.15) is 24.4 Å². The topological polar surface area (TPSA) is 50.1 Å². The summed E-state index contributed by atoms with van der Waals surface area (Å²) in [6.07, 6.45) is 0. The smallest absolute Gasteiger partial charge is 0.131 e. The number of nitrogens with one attached hydrogen (secondary N) is 1. The molecule has 0 saturated heterocycles. The lowest BCUT2D eigenvalue weighted by Crippen LogP contribution is -2.13. The minimum Gasteiger partial charge on any atom is -0.392 e. The van der Waals surface area contributed by atoms with Crippen LogP contribution in [-0.4, -0.2) is 14.7 Å². The molecule has 3 rings (SSSR count). The summed E-state index contributed by atoms with van der Waals surface area (Å²) in [4.78, 5) is 4.70. The van der Waals surface area contributed by atoms with Crippen molar-refractivity contribution in [2.45, 2.75) is 19.6 Å². The van der Waals surface area contributed by atoms with Gasteiger partial charge in [0.05, 0.1) is 23.7 Å². The maximum Gasteiger partial charge on any atom is 0.131 e. The molecule has 0 aliphatic carbocycles. The number of hydrogen-bond donors (Lipinski definition) is 2. The van der Waals surface area contributed by atoms with Crippen molar-refractivity contribution in [1.82, 2.24) is 9.55 Å². The van der Waals surface area contributed by atoms with Gasteiger partial charge in [0, 0.05) is 18.3 Å². The predicted molar refractivity (Wildman–Crippen MR) is 85.1 cm³/mol. The molecule has 2 aromatic carbocycles. The van der Waals surface area contributed by atoms with Gasteiger partial charge in [-0.15, -0.1) is 0 Å². The quantitative estimate of drug-likeness (QED) is 0.772. The van der Waals surface area contributed by atoms with E-state index in [-0.39, 0.29) is 12.6 Å². The van der Waals surface area contributed by atoms with Gasteiger partial charge in [-0.1, -0.05) is 30.3 Å². The third-order valence-electron chi connectivity index (χ3n) is 3.77. The number of aryl methyl sites for hydroxylation is 1. The molecular formula is C17H19N3O. The average Bonchev–Trinajstić information content (AvgIpc) is 2.85. The molecule has 0 aliphatic rings. The van der Waals surface area contributed by atoms with Crippen molar-refractivity contribution in [2.75, 3.05) is 5.32 Å². The predicted octanol–water partition coefficient (Wildman–Crippen LogP) is 3.24. The molecule has 0 fully saturated rings. The van der Waals surface area contributed by atoms with E-state index in [1.165, 1.54) is 0 Å². The zero-order valence-electron chi connectivity index (χ0n) is 12.2. The van der Waals surface area contributed by atoms with Crippen molar-refractivity contribution >= 4 is 16.7 Å². The number of benzene rings is 2. The molecule has 0 spiro atoms. The number of aliphatic hydroxyl groups excluding tert-OH is 1. The Morgan fingerprint density at radius 1 is 1.14 bits per heavy atom. The van der Waals surface area contributed by atoms with Crippen LogP contribution in [0, 0.1) is 0 Å². The van der Waals surface area contributed by atoms with Gasteiger partial charge in [0.2, 0.25) is 0 Å². The molecule has 0 amide bonds. The summed E-state index contributed by atoms with van der Waals surface area (Å²) in [6, 6.07) is 15.9. The number of para-hydroxylation sites is 3. The van der Waals surface area contributed by atoms with Crippen LogP contribution in [-0.2, 0) is 13.7 Å². The first-order chi connectivity index (χ1) is 10.2. The first-order valence-electron chi connectivity index (χ1n) is 7.07. The first kappa shape index (κ1) is 13.6. The highest BCUT2D eigenvalue weighted by Gasteiger charge is 2.15. The summed E-state index contributed by atoms with van der Waals surface area (Å²) in [6.45, 7) is 2.10. The van der Waals surface area contributed by atoms with Gasteiger partial charge in [-0.2, -0.15) is 0 Å². The number of aromatic nitrogens is 2. The fraction of sp³-hybridized carbons (Fsp3) is 0.235. The third-order valence-corrected chi connectivity index (χ3v) is 3.77. The fourth-order valence-corrected chi connectivity index (χ4v) is 2.65. The van der Waals surface area contributed by atoms with Crippen LogP contribution in [0.3, 0.4) is 0 Å². The molecule has 21 heavy (non-hydrogen) atoms. The van der Waals surface area contributed by atoms with Gasteiger partial charge in [-0.3, -0.25) is 0 Å². The Balaban J connectivity index is 1.93. The molecule has 4 nitrogen and oxygen atoms in total. The third kappa shape index (κ3) is 2.50. The number of imidazole rings is 1. The Hall–Kier alpha value is -2.33. The number of aliphatic hydroxyl groups is 1. The van der Waals surface area contributed by atoms with E-state index < -0.39 is 0 Å². The second kappa shape index (κ2) is 5.58. The molecule has 108 valence electrons. The Morgan fingerprint density at radius 2 is 1.86 bits per heavy atom. The fourth-order valence-electron chi connectivity index (χ4n) is 2.65. The van der Waals surface area contributed by atoms with E-state index in [9.17, 15) is 5.11 Å². The number of anilines is 1. The van der Waals surface area contributed by atoms with Crippen molar-refractivity contribution in [3.05, 3.63) is 59.9 Å². The average molecular weight is 281 g/mol. The lowest BCUT2D eigenvalue weighted by molar-refractivity contribution is 0.282. The maximum absolute atomic E-state index is 9.41. The Morgan fingerprint density at radius 3 is 2.62 bits per heavy atom. The molecule has 2 N–H and O–H groups in total. The van der Waals surface area contributed by atoms with E-state index in [4.69, 9.17) is 4.98 Å². The van der Waals surface area contributed by atoms with Gasteiger partial charge in [0.15, 0.2) is 0 Å². The standard InChI is InChI=1S/C17H19N3O/c1-12(18-14-8-4-3-7-13(14)11-21)17-19-15-9-5-6-10-16(15)20(17)2/h3-10,12,18,21H,11H2,1-2H3. The van der Waals surface area contributed by atoms with E-state index in [1.54, 1.807) is 0 Å². The van der Waals surface area contributed by atoms with E-state index in [1.807, 2.05) is 49.5 Å². The monoisotopic (exact) mass is 281 g/mol. The molecule has 1 atom stereocenters. The van der Waals surface area contributed by atoms with Gasteiger partial charge >= 0.3 is 0 Å². The second-order valence-corrected chi connectivity index (χ2v) is 5.20. The number of fused-ring (bicyclic) bond motifs is 1. The second-order valence-electron chi connectivity index (χ2n) is 5.20. The van der Waals surface area contributed by atoms with Gasteiger partial charge in [0.1, 0.15) is 5.82 Å². The largest absolute Gasteiger partial charge is 0.392 e. The molecule has 4 heteroatoms. The maximum atomic E-state index is 9.41. The highest BCUT2D eigenvalue weighted by atomic mass is 16.3. The molecule has 0 bridgehead atoms. The summed E-state index contributed by atoms with van der Waals surface area (Å²) < 4.78 is 2.11. The number of rotatable bonds is 4. The van der Waals surface area contributed by atoms with Crippen LogP contribution in [0.15, 0.2) is 48.5 Å². The Kier molecular flexibility index (Phi) is 3.62. The van der Waals surface area contributed by atoms with Crippen LogP contribution in [0.25, 0.3) is 11.0 Å². The molecule has 0 aliphatic heterocycles. The summed E-state index contributed by atoms with van der Waals surface area (Å²) in [5, 5.41) is 12.8. The lowest BCUT2D eigenvalue weighted by Gasteiger charge is -2.17. The van der Waals surface area contributed by atoms with Crippen molar-refractivity contribution < 1.29 is 5.11 Å². The van der Waals surface area contributed by atoms with Gasteiger partial charge in [-0.05, 0) is 25.1 Å². The molecule has 1 unspecified atom stereocenters. The molecule has 1 heterocycles. The van der Waals surface area contributed by atoms with E-state index in [0.29, 0.717) is 0 Å². The zero-order valence-corrected chi connectivity index (χ0v) is 12.2. The highest BCUT2D eigenvalue weighted by Crippen LogP contribution is 2.24. The zero-order chi connectivity index (χ0) is 14.8. The molecule has 0 radical (unpaired) electrons.